The van der Waals surface area contributed by atoms with E-state index in [-0.39, 0.29) is 54.4 Å². The summed E-state index contributed by atoms with van der Waals surface area (Å²) in [6.45, 7) is 15.8. The molecule has 0 aliphatic carbocycles. The highest BCUT2D eigenvalue weighted by Crippen LogP contribution is 2.40. The smallest absolute Gasteiger partial charge is 0.410 e. The van der Waals surface area contributed by atoms with Gasteiger partial charge in [0.15, 0.2) is 0 Å². The molecule has 11 heteroatoms. The van der Waals surface area contributed by atoms with Crippen molar-refractivity contribution in [3.8, 4) is 0 Å². The van der Waals surface area contributed by atoms with Gasteiger partial charge in [0.25, 0.3) is 0 Å². The Kier molecular flexibility index (Phi) is 9.24. The number of fused-ring (bicyclic) bond motifs is 1. The zero-order valence-corrected chi connectivity index (χ0v) is 27.5. The molecule has 5 rings (SSSR count). The molecular weight excluding hydrogens is 577 g/mol. The summed E-state index contributed by atoms with van der Waals surface area (Å²) in [7, 11) is 0. The van der Waals surface area contributed by atoms with Crippen LogP contribution in [0.25, 0.3) is 0 Å². The molecule has 1 aromatic carbocycles. The highest BCUT2D eigenvalue weighted by atomic mass is 19.1. The fourth-order valence-corrected chi connectivity index (χ4v) is 6.45. The number of morpholine rings is 1. The highest BCUT2D eigenvalue weighted by molar-refractivity contribution is 5.97. The normalized spacial score (nSPS) is 23.7. The Hall–Kier alpha value is -3.57. The summed E-state index contributed by atoms with van der Waals surface area (Å²) in [4.78, 5) is 52.3. The molecule has 3 unspecified atom stereocenters. The van der Waals surface area contributed by atoms with E-state index in [1.807, 2.05) is 51.8 Å². The van der Waals surface area contributed by atoms with Gasteiger partial charge in [0.2, 0.25) is 11.8 Å². The minimum atomic E-state index is -0.644. The third-order valence-electron chi connectivity index (χ3n) is 8.71. The number of benzene rings is 1. The quantitative estimate of drug-likeness (QED) is 0.480. The first-order chi connectivity index (χ1) is 21.1. The van der Waals surface area contributed by atoms with Crippen molar-refractivity contribution >= 4 is 23.6 Å². The summed E-state index contributed by atoms with van der Waals surface area (Å²) in [5, 5.41) is 0. The number of aromatic nitrogens is 1. The molecular formula is C34H46FN5O5. The second-order valence-corrected chi connectivity index (χ2v) is 14.4. The number of amides is 3. The lowest BCUT2D eigenvalue weighted by molar-refractivity contribution is -0.149. The number of hydrogen-bond acceptors (Lipinski definition) is 7. The molecule has 0 radical (unpaired) electrons. The second kappa shape index (κ2) is 12.7. The number of piperazine rings is 1. The van der Waals surface area contributed by atoms with E-state index in [0.717, 1.165) is 22.5 Å². The van der Waals surface area contributed by atoms with E-state index in [1.165, 1.54) is 12.1 Å². The van der Waals surface area contributed by atoms with E-state index >= 15 is 0 Å². The molecule has 3 amide bonds. The first-order valence-electron chi connectivity index (χ1n) is 15.8. The third kappa shape index (κ3) is 7.64. The van der Waals surface area contributed by atoms with E-state index in [4.69, 9.17) is 14.5 Å². The number of rotatable bonds is 6. The van der Waals surface area contributed by atoms with Crippen LogP contribution in [0.3, 0.4) is 0 Å². The molecule has 3 aliphatic heterocycles. The Balaban J connectivity index is 1.37. The van der Waals surface area contributed by atoms with Crippen LogP contribution in [-0.2, 0) is 30.9 Å². The Morgan fingerprint density at radius 2 is 1.80 bits per heavy atom. The van der Waals surface area contributed by atoms with Gasteiger partial charge in [0.05, 0.1) is 24.0 Å². The van der Waals surface area contributed by atoms with Crippen molar-refractivity contribution in [3.63, 3.8) is 0 Å². The molecule has 2 saturated heterocycles. The molecule has 3 aliphatic rings. The lowest BCUT2D eigenvalue weighted by Crippen LogP contribution is -2.64. The molecule has 3 atom stereocenters. The van der Waals surface area contributed by atoms with Gasteiger partial charge in [-0.05, 0) is 70.4 Å². The Labute approximate surface area is 265 Å². The zero-order chi connectivity index (χ0) is 32.7. The summed E-state index contributed by atoms with van der Waals surface area (Å²) < 4.78 is 24.7. The van der Waals surface area contributed by atoms with Crippen LogP contribution in [0.15, 0.2) is 36.5 Å². The molecule has 0 N–H and O–H groups in total. The van der Waals surface area contributed by atoms with Crippen LogP contribution >= 0.6 is 0 Å². The summed E-state index contributed by atoms with van der Waals surface area (Å²) in [5.74, 6) is -0.444. The van der Waals surface area contributed by atoms with Gasteiger partial charge in [-0.1, -0.05) is 26.0 Å². The molecule has 244 valence electrons. The number of halogens is 1. The number of pyridine rings is 1. The van der Waals surface area contributed by atoms with Crippen molar-refractivity contribution in [2.45, 2.75) is 84.1 Å². The van der Waals surface area contributed by atoms with Crippen molar-refractivity contribution in [2.75, 3.05) is 50.8 Å². The fraction of sp³-hybridized carbons (Fsp3) is 0.588. The molecule has 0 saturated carbocycles. The maximum Gasteiger partial charge on any atom is 0.410 e. The predicted octanol–water partition coefficient (Wildman–Crippen LogP) is 3.99. The summed E-state index contributed by atoms with van der Waals surface area (Å²) in [6, 6.07) is 7.95. The number of carbonyl (C=O) groups is 3. The fourth-order valence-electron chi connectivity index (χ4n) is 6.45. The first-order valence-corrected chi connectivity index (χ1v) is 15.8. The number of carbonyl (C=O) groups excluding carboxylic acids is 3. The SMILES string of the molecule is CC1CN(CC2CN(C(=O)OC(C)(C)C)C(C)CN2CC(=O)N2CC(C)(C)c3ncc(Cc4ccc(F)cc4)cc32)C(=O)CO1. The second-order valence-electron chi connectivity index (χ2n) is 14.4. The van der Waals surface area contributed by atoms with Gasteiger partial charge in [-0.15, -0.1) is 0 Å². The van der Waals surface area contributed by atoms with Gasteiger partial charge < -0.3 is 24.2 Å². The topological polar surface area (TPSA) is 95.5 Å². The van der Waals surface area contributed by atoms with E-state index in [0.29, 0.717) is 39.1 Å². The van der Waals surface area contributed by atoms with Crippen LogP contribution in [-0.4, -0.2) is 107 Å². The monoisotopic (exact) mass is 623 g/mol. The van der Waals surface area contributed by atoms with Crippen molar-refractivity contribution in [2.24, 2.45) is 0 Å². The van der Waals surface area contributed by atoms with E-state index < -0.39 is 11.7 Å². The number of hydrogen-bond donors (Lipinski definition) is 0. The summed E-state index contributed by atoms with van der Waals surface area (Å²) in [6.07, 6.45) is 1.91. The maximum atomic E-state index is 14.1. The van der Waals surface area contributed by atoms with Crippen LogP contribution in [0.5, 0.6) is 0 Å². The minimum absolute atomic E-state index is 0.0197. The van der Waals surface area contributed by atoms with Crippen LogP contribution in [0.1, 0.15) is 65.3 Å². The maximum absolute atomic E-state index is 14.1. The average Bonchev–Trinajstić information content (AvgIpc) is 3.22. The molecule has 4 heterocycles. The number of nitrogens with zero attached hydrogens (tertiary/aromatic N) is 5. The lowest BCUT2D eigenvalue weighted by atomic mass is 9.91. The average molecular weight is 624 g/mol. The van der Waals surface area contributed by atoms with E-state index in [9.17, 15) is 18.8 Å². The van der Waals surface area contributed by atoms with Crippen LogP contribution < -0.4 is 4.90 Å². The molecule has 2 fully saturated rings. The molecule has 2 aromatic rings. The summed E-state index contributed by atoms with van der Waals surface area (Å²) in [5.41, 5.74) is 2.57. The Bertz CT molecular complexity index is 1430. The van der Waals surface area contributed by atoms with Crippen molar-refractivity contribution < 1.29 is 28.2 Å². The largest absolute Gasteiger partial charge is 0.444 e. The van der Waals surface area contributed by atoms with Gasteiger partial charge in [-0.25, -0.2) is 9.18 Å². The van der Waals surface area contributed by atoms with Gasteiger partial charge in [-0.3, -0.25) is 19.5 Å². The lowest BCUT2D eigenvalue weighted by Gasteiger charge is -2.47. The molecule has 10 nitrogen and oxygen atoms in total. The van der Waals surface area contributed by atoms with Gasteiger partial charge >= 0.3 is 6.09 Å². The number of anilines is 1. The van der Waals surface area contributed by atoms with Crippen LogP contribution in [0.4, 0.5) is 14.9 Å². The van der Waals surface area contributed by atoms with Gasteiger partial charge in [0, 0.05) is 56.4 Å². The third-order valence-corrected chi connectivity index (χ3v) is 8.71. The molecule has 45 heavy (non-hydrogen) atoms. The van der Waals surface area contributed by atoms with Crippen LogP contribution in [0.2, 0.25) is 0 Å². The van der Waals surface area contributed by atoms with Crippen molar-refractivity contribution in [1.29, 1.82) is 0 Å². The Morgan fingerprint density at radius 1 is 1.09 bits per heavy atom. The van der Waals surface area contributed by atoms with Crippen molar-refractivity contribution in [1.82, 2.24) is 19.7 Å². The number of ether oxygens (including phenoxy) is 2. The highest BCUT2D eigenvalue weighted by Gasteiger charge is 2.43. The standard InChI is InChI=1S/C34H46FN5O5/c1-22-15-37(27(17-38-16-23(2)44-20-30(38)42)18-39(22)32(43)45-33(3,4)5)19-29(41)40-21-34(6,7)31-28(40)13-25(14-36-31)12-24-8-10-26(35)11-9-24/h8-11,13-14,22-23,27H,12,15-21H2,1-7H3. The van der Waals surface area contributed by atoms with Gasteiger partial charge in [-0.2, -0.15) is 0 Å². The Morgan fingerprint density at radius 3 is 2.49 bits per heavy atom. The van der Waals surface area contributed by atoms with Crippen molar-refractivity contribution in [3.05, 3.63) is 59.2 Å². The molecule has 1 aromatic heterocycles. The van der Waals surface area contributed by atoms with Crippen LogP contribution in [0, 0.1) is 5.82 Å². The zero-order valence-electron chi connectivity index (χ0n) is 27.5. The summed E-state index contributed by atoms with van der Waals surface area (Å²) >= 11 is 0. The predicted molar refractivity (Wildman–Crippen MR) is 169 cm³/mol. The van der Waals surface area contributed by atoms with E-state index in [2.05, 4.69) is 18.7 Å². The molecule has 0 spiro atoms. The molecule has 0 bridgehead atoms. The first kappa shape index (κ1) is 32.8. The van der Waals surface area contributed by atoms with Gasteiger partial charge in [0.1, 0.15) is 18.0 Å². The van der Waals surface area contributed by atoms with E-state index in [1.54, 1.807) is 21.9 Å². The minimum Gasteiger partial charge on any atom is -0.444 e.